The summed E-state index contributed by atoms with van der Waals surface area (Å²) in [5, 5.41) is 8.74. The van der Waals surface area contributed by atoms with Gasteiger partial charge in [0.25, 0.3) is 0 Å². The molecule has 7 nitrogen and oxygen atoms in total. The summed E-state index contributed by atoms with van der Waals surface area (Å²) < 4.78 is 11.3. The maximum absolute atomic E-state index is 12.8. The van der Waals surface area contributed by atoms with E-state index in [1.54, 1.807) is 30.0 Å². The van der Waals surface area contributed by atoms with Gasteiger partial charge in [0.1, 0.15) is 11.4 Å². The fourth-order valence-electron chi connectivity index (χ4n) is 3.63. The Morgan fingerprint density at radius 2 is 2.15 bits per heavy atom. The molecular formula is C20H23NO6. The van der Waals surface area contributed by atoms with Crippen LogP contribution in [0, 0.1) is 0 Å². The number of benzene rings is 1. The highest BCUT2D eigenvalue weighted by Gasteiger charge is 2.42. The van der Waals surface area contributed by atoms with E-state index in [-0.39, 0.29) is 18.3 Å². The summed E-state index contributed by atoms with van der Waals surface area (Å²) >= 11 is 0. The molecule has 1 saturated heterocycles. The minimum absolute atomic E-state index is 0.0218. The third-order valence-electron chi connectivity index (χ3n) is 4.96. The molecule has 0 aliphatic carbocycles. The molecule has 1 N–H and O–H groups in total. The van der Waals surface area contributed by atoms with Gasteiger partial charge in [0.15, 0.2) is 5.78 Å². The molecule has 2 aliphatic heterocycles. The van der Waals surface area contributed by atoms with E-state index in [0.717, 1.165) is 12.5 Å². The average Bonchev–Trinajstić information content (AvgIpc) is 2.83. The average molecular weight is 373 g/mol. The Bertz CT molecular complexity index is 787. The topological polar surface area (TPSA) is 93.1 Å². The number of nitrogens with zero attached hydrogens (tertiary/aromatic N) is 1. The van der Waals surface area contributed by atoms with Gasteiger partial charge in [-0.05, 0) is 43.5 Å². The van der Waals surface area contributed by atoms with Crippen molar-refractivity contribution in [1.29, 1.82) is 0 Å². The fourth-order valence-corrected chi connectivity index (χ4v) is 3.63. The van der Waals surface area contributed by atoms with Crippen LogP contribution in [0.25, 0.3) is 6.08 Å². The molecule has 1 spiro atoms. The van der Waals surface area contributed by atoms with E-state index < -0.39 is 11.6 Å². The Morgan fingerprint density at radius 1 is 1.33 bits per heavy atom. The number of carboxylic acids is 1. The van der Waals surface area contributed by atoms with Crippen molar-refractivity contribution in [3.05, 3.63) is 35.4 Å². The van der Waals surface area contributed by atoms with Crippen LogP contribution >= 0.6 is 0 Å². The second kappa shape index (κ2) is 7.82. The van der Waals surface area contributed by atoms with Gasteiger partial charge < -0.3 is 19.5 Å². The lowest BCUT2D eigenvalue weighted by atomic mass is 9.84. The molecule has 0 aromatic heterocycles. The van der Waals surface area contributed by atoms with Crippen LogP contribution in [0.3, 0.4) is 0 Å². The zero-order chi connectivity index (χ0) is 19.4. The standard InChI is InChI=1S/C20H23NO6/c1-2-26-19(25)21-10-3-8-20(9-11-21)13-16(22)15-12-14(5-7-18(23)24)4-6-17(15)27-20/h4-7,12H,2-3,8-11,13H2,1H3,(H,23,24)/b7-5+. The van der Waals surface area contributed by atoms with Gasteiger partial charge in [-0.3, -0.25) is 4.79 Å². The number of carbonyl (C=O) groups is 3. The molecule has 0 radical (unpaired) electrons. The summed E-state index contributed by atoms with van der Waals surface area (Å²) in [5.74, 6) is -0.548. The van der Waals surface area contributed by atoms with E-state index >= 15 is 0 Å². The number of amides is 1. The van der Waals surface area contributed by atoms with Crippen molar-refractivity contribution in [2.24, 2.45) is 0 Å². The van der Waals surface area contributed by atoms with Gasteiger partial charge in [-0.15, -0.1) is 0 Å². The molecule has 0 saturated carbocycles. The second-order valence-electron chi connectivity index (χ2n) is 6.85. The fraction of sp³-hybridized carbons (Fsp3) is 0.450. The molecule has 1 aromatic carbocycles. The van der Waals surface area contributed by atoms with E-state index in [0.29, 0.717) is 49.4 Å². The van der Waals surface area contributed by atoms with Crippen molar-refractivity contribution in [3.8, 4) is 5.75 Å². The summed E-state index contributed by atoms with van der Waals surface area (Å²) in [6.07, 6.45) is 4.40. The molecule has 2 aliphatic rings. The van der Waals surface area contributed by atoms with E-state index in [2.05, 4.69) is 0 Å². The van der Waals surface area contributed by atoms with Gasteiger partial charge in [0.2, 0.25) is 0 Å². The number of hydrogen-bond donors (Lipinski definition) is 1. The van der Waals surface area contributed by atoms with Gasteiger partial charge in [-0.2, -0.15) is 0 Å². The van der Waals surface area contributed by atoms with E-state index in [1.165, 1.54) is 6.08 Å². The smallest absolute Gasteiger partial charge is 0.409 e. The molecule has 27 heavy (non-hydrogen) atoms. The Labute approximate surface area is 157 Å². The number of hydrogen-bond acceptors (Lipinski definition) is 5. The number of aliphatic carboxylic acids is 1. The molecule has 144 valence electrons. The third-order valence-corrected chi connectivity index (χ3v) is 4.96. The van der Waals surface area contributed by atoms with Crippen LogP contribution in [-0.2, 0) is 9.53 Å². The molecule has 1 atom stereocenters. The van der Waals surface area contributed by atoms with Gasteiger partial charge in [0, 0.05) is 25.6 Å². The minimum atomic E-state index is -1.04. The second-order valence-corrected chi connectivity index (χ2v) is 6.85. The lowest BCUT2D eigenvalue weighted by Gasteiger charge is -2.37. The molecule has 1 unspecified atom stereocenters. The third kappa shape index (κ3) is 4.30. The number of fused-ring (bicyclic) bond motifs is 1. The zero-order valence-corrected chi connectivity index (χ0v) is 15.3. The SMILES string of the molecule is CCOC(=O)N1CCCC2(CC1)CC(=O)c1cc(/C=C/C(=O)O)ccc1O2. The van der Waals surface area contributed by atoms with E-state index in [9.17, 15) is 14.4 Å². The van der Waals surface area contributed by atoms with E-state index in [4.69, 9.17) is 14.6 Å². The molecule has 2 heterocycles. The van der Waals surface area contributed by atoms with Crippen molar-refractivity contribution in [1.82, 2.24) is 4.90 Å². The van der Waals surface area contributed by atoms with Crippen LogP contribution in [0.1, 0.15) is 48.5 Å². The number of carbonyl (C=O) groups excluding carboxylic acids is 2. The molecule has 1 fully saturated rings. The summed E-state index contributed by atoms with van der Waals surface area (Å²) in [5.41, 5.74) is 0.502. The van der Waals surface area contributed by atoms with Crippen LogP contribution in [-0.4, -0.2) is 53.1 Å². The Kier molecular flexibility index (Phi) is 5.48. The van der Waals surface area contributed by atoms with Crippen molar-refractivity contribution >= 4 is 23.9 Å². The monoisotopic (exact) mass is 373 g/mol. The molecule has 7 heteroatoms. The van der Waals surface area contributed by atoms with E-state index in [1.807, 2.05) is 0 Å². The van der Waals surface area contributed by atoms with Crippen LogP contribution in [0.2, 0.25) is 0 Å². The van der Waals surface area contributed by atoms with Crippen molar-refractivity contribution in [2.75, 3.05) is 19.7 Å². The highest BCUT2D eigenvalue weighted by atomic mass is 16.6. The van der Waals surface area contributed by atoms with Crippen LogP contribution in [0.5, 0.6) is 5.75 Å². The first-order valence-electron chi connectivity index (χ1n) is 9.11. The Morgan fingerprint density at radius 3 is 2.89 bits per heavy atom. The lowest BCUT2D eigenvalue weighted by Crippen LogP contribution is -2.43. The van der Waals surface area contributed by atoms with Crippen LogP contribution < -0.4 is 4.74 Å². The highest BCUT2D eigenvalue weighted by molar-refractivity contribution is 6.01. The predicted molar refractivity (Wildman–Crippen MR) is 97.9 cm³/mol. The summed E-state index contributed by atoms with van der Waals surface area (Å²) in [6.45, 7) is 3.18. The quantitative estimate of drug-likeness (QED) is 0.818. The Hall–Kier alpha value is -2.83. The van der Waals surface area contributed by atoms with Gasteiger partial charge in [0.05, 0.1) is 18.6 Å². The molecule has 0 bridgehead atoms. The summed E-state index contributed by atoms with van der Waals surface area (Å²) in [4.78, 5) is 37.1. The minimum Gasteiger partial charge on any atom is -0.486 e. The Balaban J connectivity index is 1.77. The maximum Gasteiger partial charge on any atom is 0.409 e. The van der Waals surface area contributed by atoms with Crippen LogP contribution in [0.15, 0.2) is 24.3 Å². The van der Waals surface area contributed by atoms with Gasteiger partial charge >= 0.3 is 12.1 Å². The maximum atomic E-state index is 12.8. The van der Waals surface area contributed by atoms with Crippen molar-refractivity contribution in [3.63, 3.8) is 0 Å². The number of Topliss-reactive ketones (excluding diaryl/α,β-unsaturated/α-hetero) is 1. The summed E-state index contributed by atoms with van der Waals surface area (Å²) in [6, 6.07) is 5.10. The first-order valence-corrected chi connectivity index (χ1v) is 9.11. The van der Waals surface area contributed by atoms with Crippen LogP contribution in [0.4, 0.5) is 4.79 Å². The van der Waals surface area contributed by atoms with Gasteiger partial charge in [-0.1, -0.05) is 6.07 Å². The molecule has 1 amide bonds. The normalized spacial score (nSPS) is 22.3. The molecule has 3 rings (SSSR count). The van der Waals surface area contributed by atoms with Crippen molar-refractivity contribution < 1.29 is 29.0 Å². The number of ketones is 1. The number of rotatable bonds is 3. The summed E-state index contributed by atoms with van der Waals surface area (Å²) in [7, 11) is 0. The first-order chi connectivity index (χ1) is 12.9. The molecular weight excluding hydrogens is 350 g/mol. The zero-order valence-electron chi connectivity index (χ0n) is 15.3. The van der Waals surface area contributed by atoms with Gasteiger partial charge in [-0.25, -0.2) is 9.59 Å². The number of carboxylic acid groups (broad SMARTS) is 1. The number of likely N-dealkylation sites (tertiary alicyclic amines) is 1. The highest BCUT2D eigenvalue weighted by Crippen LogP contribution is 2.39. The lowest BCUT2D eigenvalue weighted by molar-refractivity contribution is -0.131. The molecule has 1 aromatic rings. The van der Waals surface area contributed by atoms with Crippen molar-refractivity contribution in [2.45, 2.75) is 38.2 Å². The number of ether oxygens (including phenoxy) is 2. The largest absolute Gasteiger partial charge is 0.486 e. The predicted octanol–water partition coefficient (Wildman–Crippen LogP) is 3.13. The first kappa shape index (κ1) is 18.9.